The number of ether oxygens (including phenoxy) is 1. The number of aromatic nitrogens is 1. The van der Waals surface area contributed by atoms with E-state index in [1.165, 1.54) is 6.08 Å². The van der Waals surface area contributed by atoms with Gasteiger partial charge < -0.3 is 9.15 Å². The van der Waals surface area contributed by atoms with Crippen LogP contribution >= 0.6 is 0 Å². The molecule has 0 N–H and O–H groups in total. The molecule has 0 saturated carbocycles. The van der Waals surface area contributed by atoms with Crippen molar-refractivity contribution >= 4 is 17.1 Å². The zero-order valence-electron chi connectivity index (χ0n) is 11.3. The van der Waals surface area contributed by atoms with Crippen molar-refractivity contribution in [3.63, 3.8) is 0 Å². The largest absolute Gasteiger partial charge is 0.458 e. The molecule has 0 atom stereocenters. The van der Waals surface area contributed by atoms with Crippen LogP contribution in [0.4, 0.5) is 0 Å². The summed E-state index contributed by atoms with van der Waals surface area (Å²) in [5.41, 5.74) is 2.84. The van der Waals surface area contributed by atoms with Crippen molar-refractivity contribution in [3.05, 3.63) is 66.7 Å². The molecule has 0 saturated heterocycles. The number of para-hydroxylation sites is 2. The van der Waals surface area contributed by atoms with Crippen molar-refractivity contribution in [3.8, 4) is 11.5 Å². The number of hydrogen-bond acceptors (Lipinski definition) is 4. The molecule has 0 spiro atoms. The second-order valence-corrected chi connectivity index (χ2v) is 4.45. The summed E-state index contributed by atoms with van der Waals surface area (Å²) >= 11 is 0. The summed E-state index contributed by atoms with van der Waals surface area (Å²) in [6.07, 6.45) is 1.53. The van der Waals surface area contributed by atoms with Crippen LogP contribution in [-0.2, 0) is 4.74 Å². The third-order valence-electron chi connectivity index (χ3n) is 2.99. The highest BCUT2D eigenvalue weighted by Gasteiger charge is 2.10. The predicted molar refractivity (Wildman–Crippen MR) is 79.9 cm³/mol. The molecule has 0 unspecified atom stereocenters. The highest BCUT2D eigenvalue weighted by Crippen LogP contribution is 2.24. The number of hydrogen-bond donors (Lipinski definition) is 0. The average molecular weight is 279 g/mol. The van der Waals surface area contributed by atoms with Crippen LogP contribution in [0.5, 0.6) is 0 Å². The van der Waals surface area contributed by atoms with Gasteiger partial charge in [-0.25, -0.2) is 9.78 Å². The van der Waals surface area contributed by atoms with E-state index >= 15 is 0 Å². The molecule has 0 aliphatic rings. The summed E-state index contributed by atoms with van der Waals surface area (Å²) in [7, 11) is 0. The smallest absolute Gasteiger partial charge is 0.338 e. The van der Waals surface area contributed by atoms with Gasteiger partial charge in [0, 0.05) is 5.56 Å². The van der Waals surface area contributed by atoms with Crippen molar-refractivity contribution in [1.82, 2.24) is 4.98 Å². The van der Waals surface area contributed by atoms with E-state index < -0.39 is 0 Å². The van der Waals surface area contributed by atoms with Gasteiger partial charge in [0.05, 0.1) is 5.56 Å². The Hall–Kier alpha value is -2.88. The van der Waals surface area contributed by atoms with Crippen LogP contribution in [0.2, 0.25) is 0 Å². The summed E-state index contributed by atoms with van der Waals surface area (Å²) in [6, 6.07) is 14.5. The van der Waals surface area contributed by atoms with E-state index in [9.17, 15) is 4.79 Å². The molecule has 0 amide bonds. The maximum atomic E-state index is 11.7. The monoisotopic (exact) mass is 279 g/mol. The molecule has 0 aliphatic heterocycles. The Morgan fingerprint density at radius 2 is 1.95 bits per heavy atom. The first kappa shape index (κ1) is 13.1. The first-order valence-electron chi connectivity index (χ1n) is 6.52. The van der Waals surface area contributed by atoms with Crippen LogP contribution in [-0.4, -0.2) is 17.6 Å². The Balaban J connectivity index is 1.86. The molecule has 0 fully saturated rings. The number of esters is 1. The SMILES string of the molecule is C=CCOC(=O)c1ccc(-c2nc3ccccc3o2)cc1. The Labute approximate surface area is 121 Å². The molecule has 3 aromatic rings. The topological polar surface area (TPSA) is 52.3 Å². The fourth-order valence-corrected chi connectivity index (χ4v) is 1.96. The summed E-state index contributed by atoms with van der Waals surface area (Å²) < 4.78 is 10.7. The van der Waals surface area contributed by atoms with Crippen molar-refractivity contribution in [2.75, 3.05) is 6.61 Å². The summed E-state index contributed by atoms with van der Waals surface area (Å²) in [5, 5.41) is 0. The summed E-state index contributed by atoms with van der Waals surface area (Å²) in [4.78, 5) is 16.1. The van der Waals surface area contributed by atoms with Crippen LogP contribution in [0.3, 0.4) is 0 Å². The van der Waals surface area contributed by atoms with Gasteiger partial charge in [0.15, 0.2) is 5.58 Å². The van der Waals surface area contributed by atoms with Crippen molar-refractivity contribution in [1.29, 1.82) is 0 Å². The maximum Gasteiger partial charge on any atom is 0.338 e. The van der Waals surface area contributed by atoms with E-state index in [-0.39, 0.29) is 12.6 Å². The van der Waals surface area contributed by atoms with E-state index in [4.69, 9.17) is 9.15 Å². The number of oxazole rings is 1. The second kappa shape index (κ2) is 5.63. The zero-order chi connectivity index (χ0) is 14.7. The first-order chi connectivity index (χ1) is 10.3. The van der Waals surface area contributed by atoms with E-state index in [0.29, 0.717) is 11.5 Å². The quantitative estimate of drug-likeness (QED) is 0.538. The Morgan fingerprint density at radius 3 is 2.67 bits per heavy atom. The van der Waals surface area contributed by atoms with Gasteiger partial charge in [-0.2, -0.15) is 0 Å². The van der Waals surface area contributed by atoms with Gasteiger partial charge in [-0.1, -0.05) is 24.8 Å². The zero-order valence-corrected chi connectivity index (χ0v) is 11.3. The molecule has 0 aliphatic carbocycles. The molecule has 0 bridgehead atoms. The fraction of sp³-hybridized carbons (Fsp3) is 0.0588. The van der Waals surface area contributed by atoms with Crippen LogP contribution in [0.1, 0.15) is 10.4 Å². The highest BCUT2D eigenvalue weighted by atomic mass is 16.5. The minimum Gasteiger partial charge on any atom is -0.458 e. The molecule has 1 heterocycles. The summed E-state index contributed by atoms with van der Waals surface area (Å²) in [5.74, 6) is 0.154. The molecular weight excluding hydrogens is 266 g/mol. The standard InChI is InChI=1S/C17H13NO3/c1-2-11-20-17(19)13-9-7-12(8-10-13)16-18-14-5-3-4-6-15(14)21-16/h2-10H,1,11H2. The molecule has 21 heavy (non-hydrogen) atoms. The third kappa shape index (κ3) is 2.69. The van der Waals surface area contributed by atoms with Gasteiger partial charge in [0.1, 0.15) is 12.1 Å². The Kier molecular flexibility index (Phi) is 3.51. The predicted octanol–water partition coefficient (Wildman–Crippen LogP) is 3.84. The lowest BCUT2D eigenvalue weighted by molar-refractivity contribution is 0.0550. The van der Waals surface area contributed by atoms with E-state index in [2.05, 4.69) is 11.6 Å². The van der Waals surface area contributed by atoms with Gasteiger partial charge in [0.25, 0.3) is 0 Å². The minimum absolute atomic E-state index is 0.200. The number of rotatable bonds is 4. The Morgan fingerprint density at radius 1 is 1.19 bits per heavy atom. The van der Waals surface area contributed by atoms with Crippen LogP contribution < -0.4 is 0 Å². The third-order valence-corrected chi connectivity index (χ3v) is 2.99. The number of carbonyl (C=O) groups is 1. The average Bonchev–Trinajstić information content (AvgIpc) is 2.96. The van der Waals surface area contributed by atoms with Crippen molar-refractivity contribution < 1.29 is 13.9 Å². The lowest BCUT2D eigenvalue weighted by Gasteiger charge is -2.02. The summed E-state index contributed by atoms with van der Waals surface area (Å²) in [6.45, 7) is 3.70. The lowest BCUT2D eigenvalue weighted by Crippen LogP contribution is -2.04. The van der Waals surface area contributed by atoms with Crippen molar-refractivity contribution in [2.45, 2.75) is 0 Å². The van der Waals surface area contributed by atoms with Gasteiger partial charge in [-0.05, 0) is 36.4 Å². The van der Waals surface area contributed by atoms with Gasteiger partial charge in [0.2, 0.25) is 5.89 Å². The lowest BCUT2D eigenvalue weighted by atomic mass is 10.1. The highest BCUT2D eigenvalue weighted by molar-refractivity contribution is 5.90. The van der Waals surface area contributed by atoms with Crippen LogP contribution in [0, 0.1) is 0 Å². The molecular formula is C17H13NO3. The normalized spacial score (nSPS) is 10.5. The number of fused-ring (bicyclic) bond motifs is 1. The molecule has 104 valence electrons. The Bertz CT molecular complexity index is 754. The second-order valence-electron chi connectivity index (χ2n) is 4.45. The van der Waals surface area contributed by atoms with E-state index in [1.807, 2.05) is 24.3 Å². The van der Waals surface area contributed by atoms with E-state index in [0.717, 1.165) is 16.7 Å². The van der Waals surface area contributed by atoms with Gasteiger partial charge in [-0.15, -0.1) is 0 Å². The molecule has 4 heteroatoms. The number of carbonyl (C=O) groups excluding carboxylic acids is 1. The number of nitrogens with zero attached hydrogens (tertiary/aromatic N) is 1. The van der Waals surface area contributed by atoms with E-state index in [1.54, 1.807) is 24.3 Å². The van der Waals surface area contributed by atoms with Crippen molar-refractivity contribution in [2.24, 2.45) is 0 Å². The molecule has 4 nitrogen and oxygen atoms in total. The minimum atomic E-state index is -0.376. The molecule has 1 aromatic heterocycles. The number of benzene rings is 2. The maximum absolute atomic E-state index is 11.7. The van der Waals surface area contributed by atoms with Gasteiger partial charge >= 0.3 is 5.97 Å². The van der Waals surface area contributed by atoms with Gasteiger partial charge in [-0.3, -0.25) is 0 Å². The van der Waals surface area contributed by atoms with Crippen LogP contribution in [0.15, 0.2) is 65.6 Å². The van der Waals surface area contributed by atoms with Crippen LogP contribution in [0.25, 0.3) is 22.6 Å². The molecule has 3 rings (SSSR count). The molecule has 2 aromatic carbocycles. The first-order valence-corrected chi connectivity index (χ1v) is 6.52. The fourth-order valence-electron chi connectivity index (χ4n) is 1.96. The molecule has 0 radical (unpaired) electrons.